The molecule has 2 aromatic carbocycles. The van der Waals surface area contributed by atoms with Gasteiger partial charge in [-0.2, -0.15) is 0 Å². The van der Waals surface area contributed by atoms with E-state index >= 15 is 0 Å². The van der Waals surface area contributed by atoms with Crippen molar-refractivity contribution in [3.63, 3.8) is 0 Å². The van der Waals surface area contributed by atoms with E-state index in [1.165, 1.54) is 19.1 Å². The van der Waals surface area contributed by atoms with Crippen LogP contribution in [0.2, 0.25) is 0 Å². The highest BCUT2D eigenvalue weighted by atomic mass is 19.1. The Morgan fingerprint density at radius 3 is 2.09 bits per heavy atom. The third-order valence-electron chi connectivity index (χ3n) is 2.96. The highest BCUT2D eigenvalue weighted by molar-refractivity contribution is 5.83. The largest absolute Gasteiger partial charge is 0.457 e. The second-order valence-corrected chi connectivity index (χ2v) is 4.89. The van der Waals surface area contributed by atoms with Gasteiger partial charge < -0.3 is 15.4 Å². The van der Waals surface area contributed by atoms with Crippen LogP contribution in [0.5, 0.6) is 11.5 Å². The van der Waals surface area contributed by atoms with Crippen LogP contribution in [-0.4, -0.2) is 18.4 Å². The fourth-order valence-electron chi connectivity index (χ4n) is 1.78. The predicted molar refractivity (Wildman–Crippen MR) is 83.4 cm³/mol. The smallest absolute Gasteiger partial charge is 0.239 e. The highest BCUT2D eigenvalue weighted by Gasteiger charge is 2.03. The zero-order valence-corrected chi connectivity index (χ0v) is 12.6. The molecule has 0 heterocycles. The Morgan fingerprint density at radius 1 is 0.957 bits per heavy atom. The average Bonchev–Trinajstić information content (AvgIpc) is 2.54. The Bertz CT molecular complexity index is 669. The molecule has 0 aliphatic carbocycles. The van der Waals surface area contributed by atoms with E-state index < -0.39 is 0 Å². The average molecular weight is 316 g/mol. The van der Waals surface area contributed by atoms with Gasteiger partial charge in [-0.05, 0) is 42.0 Å². The maximum atomic E-state index is 12.8. The van der Waals surface area contributed by atoms with Gasteiger partial charge in [0, 0.05) is 13.5 Å². The van der Waals surface area contributed by atoms with Crippen molar-refractivity contribution in [3.8, 4) is 11.5 Å². The van der Waals surface area contributed by atoms with Gasteiger partial charge in [0.1, 0.15) is 17.3 Å². The van der Waals surface area contributed by atoms with Crippen molar-refractivity contribution < 1.29 is 18.7 Å². The molecule has 120 valence electrons. The molecule has 0 radical (unpaired) electrons. The lowest BCUT2D eigenvalue weighted by Gasteiger charge is -2.08. The van der Waals surface area contributed by atoms with Crippen LogP contribution in [0.4, 0.5) is 4.39 Å². The molecule has 0 unspecified atom stereocenters. The van der Waals surface area contributed by atoms with Gasteiger partial charge in [-0.3, -0.25) is 9.59 Å². The number of ether oxygens (including phenoxy) is 1. The highest BCUT2D eigenvalue weighted by Crippen LogP contribution is 2.21. The Labute approximate surface area is 133 Å². The van der Waals surface area contributed by atoms with Crippen LogP contribution >= 0.6 is 0 Å². The first-order valence-electron chi connectivity index (χ1n) is 7.06. The topological polar surface area (TPSA) is 67.4 Å². The Balaban J connectivity index is 1.83. The van der Waals surface area contributed by atoms with Crippen molar-refractivity contribution in [2.24, 2.45) is 0 Å². The van der Waals surface area contributed by atoms with Crippen LogP contribution in [0, 0.1) is 5.82 Å². The molecule has 0 spiro atoms. The van der Waals surface area contributed by atoms with E-state index in [4.69, 9.17) is 4.74 Å². The third-order valence-corrected chi connectivity index (χ3v) is 2.96. The zero-order chi connectivity index (χ0) is 16.7. The van der Waals surface area contributed by atoms with Crippen LogP contribution in [0.3, 0.4) is 0 Å². The minimum Gasteiger partial charge on any atom is -0.457 e. The van der Waals surface area contributed by atoms with Gasteiger partial charge in [-0.25, -0.2) is 4.39 Å². The van der Waals surface area contributed by atoms with E-state index in [-0.39, 0.29) is 24.2 Å². The molecule has 2 aromatic rings. The first kappa shape index (κ1) is 16.5. The molecule has 0 bridgehead atoms. The standard InChI is InChI=1S/C17H17FN2O3/c1-12(21)19-11-17(22)20-10-13-2-6-15(7-3-13)23-16-8-4-14(18)5-9-16/h2-9H,10-11H2,1H3,(H,19,21)(H,20,22). The predicted octanol–water partition coefficient (Wildman–Crippen LogP) is 2.37. The van der Waals surface area contributed by atoms with Crippen molar-refractivity contribution in [3.05, 3.63) is 59.9 Å². The molecule has 0 saturated heterocycles. The van der Waals surface area contributed by atoms with Gasteiger partial charge in [-0.1, -0.05) is 12.1 Å². The van der Waals surface area contributed by atoms with Gasteiger partial charge in [0.05, 0.1) is 6.54 Å². The maximum absolute atomic E-state index is 12.8. The molecule has 2 rings (SSSR count). The van der Waals surface area contributed by atoms with Crippen LogP contribution < -0.4 is 15.4 Å². The summed E-state index contributed by atoms with van der Waals surface area (Å²) in [5.41, 5.74) is 0.896. The molecule has 0 fully saturated rings. The van der Waals surface area contributed by atoms with Crippen LogP contribution in [0.15, 0.2) is 48.5 Å². The van der Waals surface area contributed by atoms with E-state index in [1.807, 2.05) is 12.1 Å². The van der Waals surface area contributed by atoms with E-state index in [0.29, 0.717) is 18.0 Å². The number of hydrogen-bond acceptors (Lipinski definition) is 3. The minimum atomic E-state index is -0.317. The van der Waals surface area contributed by atoms with Crippen LogP contribution in [-0.2, 0) is 16.1 Å². The fourth-order valence-corrected chi connectivity index (χ4v) is 1.78. The summed E-state index contributed by atoms with van der Waals surface area (Å²) >= 11 is 0. The maximum Gasteiger partial charge on any atom is 0.239 e. The van der Waals surface area contributed by atoms with E-state index in [9.17, 15) is 14.0 Å². The van der Waals surface area contributed by atoms with E-state index in [1.54, 1.807) is 24.3 Å². The fraction of sp³-hybridized carbons (Fsp3) is 0.176. The monoisotopic (exact) mass is 316 g/mol. The van der Waals surface area contributed by atoms with Crippen molar-refractivity contribution >= 4 is 11.8 Å². The Hall–Kier alpha value is -2.89. The number of hydrogen-bond donors (Lipinski definition) is 2. The molecule has 23 heavy (non-hydrogen) atoms. The molecule has 0 saturated carbocycles. The number of halogens is 1. The van der Waals surface area contributed by atoms with Crippen LogP contribution in [0.1, 0.15) is 12.5 Å². The van der Waals surface area contributed by atoms with Gasteiger partial charge >= 0.3 is 0 Å². The second-order valence-electron chi connectivity index (χ2n) is 4.89. The lowest BCUT2D eigenvalue weighted by Crippen LogP contribution is -2.35. The summed E-state index contributed by atoms with van der Waals surface area (Å²) in [5, 5.41) is 5.12. The molecular weight excluding hydrogens is 299 g/mol. The molecule has 0 atom stereocenters. The van der Waals surface area contributed by atoms with Gasteiger partial charge in [-0.15, -0.1) is 0 Å². The third kappa shape index (κ3) is 5.78. The summed E-state index contributed by atoms with van der Waals surface area (Å²) in [6.07, 6.45) is 0. The zero-order valence-electron chi connectivity index (χ0n) is 12.6. The summed E-state index contributed by atoms with van der Waals surface area (Å²) in [4.78, 5) is 22.2. The molecule has 0 aromatic heterocycles. The van der Waals surface area contributed by atoms with E-state index in [2.05, 4.69) is 10.6 Å². The number of carbonyl (C=O) groups is 2. The second kappa shape index (κ2) is 7.93. The van der Waals surface area contributed by atoms with Crippen molar-refractivity contribution in [1.29, 1.82) is 0 Å². The Kier molecular flexibility index (Phi) is 5.68. The van der Waals surface area contributed by atoms with Crippen molar-refractivity contribution in [2.75, 3.05) is 6.54 Å². The number of benzene rings is 2. The normalized spacial score (nSPS) is 10.0. The number of nitrogens with one attached hydrogen (secondary N) is 2. The summed E-state index contributed by atoms with van der Waals surface area (Å²) in [5.74, 6) is 0.338. The molecule has 0 aliphatic rings. The first-order chi connectivity index (χ1) is 11.0. The lowest BCUT2D eigenvalue weighted by molar-refractivity contribution is -0.125. The molecule has 2 N–H and O–H groups in total. The molecule has 0 aliphatic heterocycles. The SMILES string of the molecule is CC(=O)NCC(=O)NCc1ccc(Oc2ccc(F)cc2)cc1. The molecule has 2 amide bonds. The number of rotatable bonds is 6. The number of carbonyl (C=O) groups excluding carboxylic acids is 2. The lowest BCUT2D eigenvalue weighted by atomic mass is 10.2. The summed E-state index contributed by atoms with van der Waals surface area (Å²) in [6, 6.07) is 12.9. The number of amides is 2. The summed E-state index contributed by atoms with van der Waals surface area (Å²) in [7, 11) is 0. The summed E-state index contributed by atoms with van der Waals surface area (Å²) in [6.45, 7) is 1.67. The Morgan fingerprint density at radius 2 is 1.52 bits per heavy atom. The molecular formula is C17H17FN2O3. The van der Waals surface area contributed by atoms with Gasteiger partial charge in [0.25, 0.3) is 0 Å². The van der Waals surface area contributed by atoms with Crippen LogP contribution in [0.25, 0.3) is 0 Å². The van der Waals surface area contributed by atoms with Crippen molar-refractivity contribution in [2.45, 2.75) is 13.5 Å². The molecule has 6 heteroatoms. The van der Waals surface area contributed by atoms with Gasteiger partial charge in [0.2, 0.25) is 11.8 Å². The minimum absolute atomic E-state index is 0.0406. The summed E-state index contributed by atoms with van der Waals surface area (Å²) < 4.78 is 18.4. The van der Waals surface area contributed by atoms with Crippen molar-refractivity contribution in [1.82, 2.24) is 10.6 Å². The quantitative estimate of drug-likeness (QED) is 0.860. The van der Waals surface area contributed by atoms with E-state index in [0.717, 1.165) is 5.56 Å². The van der Waals surface area contributed by atoms with Gasteiger partial charge in [0.15, 0.2) is 0 Å². The first-order valence-corrected chi connectivity index (χ1v) is 7.06. The molecule has 5 nitrogen and oxygen atoms in total.